The Morgan fingerprint density at radius 3 is 2.52 bits per heavy atom. The number of hydrogen-bond acceptors (Lipinski definition) is 4. The Bertz CT molecular complexity index is 972. The Balaban J connectivity index is 1.59. The minimum Gasteiger partial charge on any atom is -0.439 e. The molecule has 0 fully saturated rings. The van der Waals surface area contributed by atoms with Crippen molar-refractivity contribution in [3.05, 3.63) is 84.1 Å². The minimum atomic E-state index is -0.526. The number of ether oxygens (including phenoxy) is 1. The highest BCUT2D eigenvalue weighted by Gasteiger charge is 2.14. The number of nitrogens with one attached hydrogen (secondary N) is 1. The highest BCUT2D eigenvalue weighted by atomic mass is 16.5. The molecule has 0 saturated heterocycles. The van der Waals surface area contributed by atoms with Gasteiger partial charge in [-0.25, -0.2) is 4.98 Å². The lowest BCUT2D eigenvalue weighted by Crippen LogP contribution is -2.15. The summed E-state index contributed by atoms with van der Waals surface area (Å²) in [5.41, 5.74) is 7.38. The molecule has 0 aliphatic heterocycles. The molecule has 0 aliphatic rings. The predicted octanol–water partition coefficient (Wildman–Crippen LogP) is 4.50. The highest BCUT2D eigenvalue weighted by molar-refractivity contribution is 5.93. The summed E-state index contributed by atoms with van der Waals surface area (Å²) in [6.45, 7) is 2.08. The molecule has 148 valence electrons. The lowest BCUT2D eigenvalue weighted by atomic mass is 9.93. The van der Waals surface area contributed by atoms with Crippen molar-refractivity contribution in [3.8, 4) is 11.6 Å². The number of nitrogens with two attached hydrogens (primary N) is 1. The largest absolute Gasteiger partial charge is 0.439 e. The van der Waals surface area contributed by atoms with Crippen molar-refractivity contribution in [1.29, 1.82) is 0 Å². The summed E-state index contributed by atoms with van der Waals surface area (Å²) in [5, 5.41) is 2.87. The van der Waals surface area contributed by atoms with E-state index in [2.05, 4.69) is 17.2 Å². The van der Waals surface area contributed by atoms with E-state index in [1.807, 2.05) is 30.3 Å². The van der Waals surface area contributed by atoms with Crippen LogP contribution in [0.2, 0.25) is 0 Å². The van der Waals surface area contributed by atoms with Gasteiger partial charge >= 0.3 is 0 Å². The third kappa shape index (κ3) is 5.65. The molecule has 0 bridgehead atoms. The molecule has 3 rings (SSSR count). The van der Waals surface area contributed by atoms with Gasteiger partial charge in [0.05, 0.1) is 11.9 Å². The summed E-state index contributed by atoms with van der Waals surface area (Å²) in [6.07, 6.45) is 2.82. The predicted molar refractivity (Wildman–Crippen MR) is 112 cm³/mol. The second-order valence-corrected chi connectivity index (χ2v) is 6.65. The molecule has 0 spiro atoms. The summed E-state index contributed by atoms with van der Waals surface area (Å²) in [4.78, 5) is 27.9. The SMILES string of the molecule is CCC(CC(=O)Nc1ccc(Oc2cccc(C(N)=O)c2)nc1)c1ccccc1. The van der Waals surface area contributed by atoms with Gasteiger partial charge in [-0.05, 0) is 42.2 Å². The van der Waals surface area contributed by atoms with Gasteiger partial charge in [0.2, 0.25) is 17.7 Å². The number of amides is 2. The third-order valence-corrected chi connectivity index (χ3v) is 4.56. The van der Waals surface area contributed by atoms with E-state index in [0.717, 1.165) is 12.0 Å². The molecule has 6 heteroatoms. The third-order valence-electron chi connectivity index (χ3n) is 4.56. The fourth-order valence-electron chi connectivity index (χ4n) is 3.01. The molecule has 0 saturated carbocycles. The quantitative estimate of drug-likeness (QED) is 0.593. The maximum absolute atomic E-state index is 12.4. The number of hydrogen-bond donors (Lipinski definition) is 2. The van der Waals surface area contributed by atoms with E-state index in [1.54, 1.807) is 36.4 Å². The monoisotopic (exact) mass is 389 g/mol. The molecular weight excluding hydrogens is 366 g/mol. The molecule has 6 nitrogen and oxygen atoms in total. The highest BCUT2D eigenvalue weighted by Crippen LogP contribution is 2.24. The molecule has 29 heavy (non-hydrogen) atoms. The zero-order valence-corrected chi connectivity index (χ0v) is 16.2. The Morgan fingerprint density at radius 1 is 1.07 bits per heavy atom. The second kappa shape index (κ2) is 9.50. The molecule has 1 atom stereocenters. The zero-order chi connectivity index (χ0) is 20.6. The number of pyridine rings is 1. The van der Waals surface area contributed by atoms with Crippen LogP contribution in [0.25, 0.3) is 0 Å². The molecule has 1 aromatic heterocycles. The molecular formula is C23H23N3O3. The summed E-state index contributed by atoms with van der Waals surface area (Å²) in [6, 6.07) is 20.0. The van der Waals surface area contributed by atoms with Crippen LogP contribution in [0.3, 0.4) is 0 Å². The van der Waals surface area contributed by atoms with Gasteiger partial charge in [0.15, 0.2) is 0 Å². The number of anilines is 1. The van der Waals surface area contributed by atoms with E-state index in [-0.39, 0.29) is 11.8 Å². The van der Waals surface area contributed by atoms with Crippen LogP contribution in [0.5, 0.6) is 11.6 Å². The first-order chi connectivity index (χ1) is 14.0. The van der Waals surface area contributed by atoms with Gasteiger partial charge in [-0.15, -0.1) is 0 Å². The van der Waals surface area contributed by atoms with Crippen molar-refractivity contribution >= 4 is 17.5 Å². The molecule has 0 radical (unpaired) electrons. The Labute approximate surface area is 169 Å². The van der Waals surface area contributed by atoms with Crippen molar-refractivity contribution in [2.45, 2.75) is 25.7 Å². The van der Waals surface area contributed by atoms with Crippen molar-refractivity contribution < 1.29 is 14.3 Å². The summed E-state index contributed by atoms with van der Waals surface area (Å²) in [7, 11) is 0. The van der Waals surface area contributed by atoms with Gasteiger partial charge in [0, 0.05) is 18.1 Å². The Kier molecular flexibility index (Phi) is 6.58. The first-order valence-electron chi connectivity index (χ1n) is 9.43. The second-order valence-electron chi connectivity index (χ2n) is 6.65. The van der Waals surface area contributed by atoms with Crippen molar-refractivity contribution in [3.63, 3.8) is 0 Å². The number of primary amides is 1. The lowest BCUT2D eigenvalue weighted by molar-refractivity contribution is -0.116. The van der Waals surface area contributed by atoms with Gasteiger partial charge in [-0.1, -0.05) is 43.3 Å². The van der Waals surface area contributed by atoms with Crippen LogP contribution < -0.4 is 15.8 Å². The van der Waals surface area contributed by atoms with E-state index in [9.17, 15) is 9.59 Å². The smallest absolute Gasteiger partial charge is 0.248 e. The molecule has 2 aromatic carbocycles. The first kappa shape index (κ1) is 20.1. The van der Waals surface area contributed by atoms with Gasteiger partial charge in [-0.2, -0.15) is 0 Å². The number of carbonyl (C=O) groups is 2. The molecule has 3 aromatic rings. The molecule has 1 unspecified atom stereocenters. The van der Waals surface area contributed by atoms with Crippen LogP contribution in [-0.4, -0.2) is 16.8 Å². The molecule has 0 aliphatic carbocycles. The van der Waals surface area contributed by atoms with Crippen LogP contribution in [0, 0.1) is 0 Å². The fourth-order valence-corrected chi connectivity index (χ4v) is 3.01. The number of aromatic nitrogens is 1. The van der Waals surface area contributed by atoms with Gasteiger partial charge < -0.3 is 15.8 Å². The number of rotatable bonds is 8. The van der Waals surface area contributed by atoms with Crippen molar-refractivity contribution in [2.75, 3.05) is 5.32 Å². The van der Waals surface area contributed by atoms with Gasteiger partial charge in [0.25, 0.3) is 0 Å². The van der Waals surface area contributed by atoms with E-state index in [0.29, 0.717) is 29.3 Å². The summed E-state index contributed by atoms with van der Waals surface area (Å²) in [5.74, 6) is 0.386. The molecule has 3 N–H and O–H groups in total. The van der Waals surface area contributed by atoms with Gasteiger partial charge in [0.1, 0.15) is 5.75 Å². The van der Waals surface area contributed by atoms with Crippen LogP contribution >= 0.6 is 0 Å². The zero-order valence-electron chi connectivity index (χ0n) is 16.2. The topological polar surface area (TPSA) is 94.3 Å². The van der Waals surface area contributed by atoms with E-state index >= 15 is 0 Å². The van der Waals surface area contributed by atoms with Crippen LogP contribution in [-0.2, 0) is 4.79 Å². The normalized spacial score (nSPS) is 11.5. The van der Waals surface area contributed by atoms with E-state index in [1.165, 1.54) is 6.20 Å². The summed E-state index contributed by atoms with van der Waals surface area (Å²) < 4.78 is 5.64. The maximum atomic E-state index is 12.4. The average Bonchev–Trinajstić information content (AvgIpc) is 2.74. The van der Waals surface area contributed by atoms with Crippen LogP contribution in [0.15, 0.2) is 72.9 Å². The Morgan fingerprint density at radius 2 is 1.86 bits per heavy atom. The van der Waals surface area contributed by atoms with Gasteiger partial charge in [-0.3, -0.25) is 9.59 Å². The van der Waals surface area contributed by atoms with E-state index < -0.39 is 5.91 Å². The standard InChI is InChI=1S/C23H23N3O3/c1-2-16(17-7-4-3-5-8-17)14-21(27)26-19-11-12-22(25-15-19)29-20-10-6-9-18(13-20)23(24)28/h3-13,15-16H,2,14H2,1H3,(H2,24,28)(H,26,27). The molecule has 1 heterocycles. The molecule has 2 amide bonds. The number of carbonyl (C=O) groups excluding carboxylic acids is 2. The van der Waals surface area contributed by atoms with E-state index in [4.69, 9.17) is 10.5 Å². The maximum Gasteiger partial charge on any atom is 0.248 e. The first-order valence-corrected chi connectivity index (χ1v) is 9.43. The van der Waals surface area contributed by atoms with Crippen molar-refractivity contribution in [2.24, 2.45) is 5.73 Å². The van der Waals surface area contributed by atoms with Crippen LogP contribution in [0.1, 0.15) is 41.6 Å². The minimum absolute atomic E-state index is 0.0645. The lowest BCUT2D eigenvalue weighted by Gasteiger charge is -2.15. The fraction of sp³-hybridized carbons (Fsp3) is 0.174. The van der Waals surface area contributed by atoms with Crippen molar-refractivity contribution in [1.82, 2.24) is 4.98 Å². The van der Waals surface area contributed by atoms with Crippen LogP contribution in [0.4, 0.5) is 5.69 Å². The Hall–Kier alpha value is -3.67. The average molecular weight is 389 g/mol. The number of nitrogens with zero attached hydrogens (tertiary/aromatic N) is 1. The summed E-state index contributed by atoms with van der Waals surface area (Å²) >= 11 is 0. The number of benzene rings is 2.